The summed E-state index contributed by atoms with van der Waals surface area (Å²) in [7, 11) is 0. The molecule has 3 N–H and O–H groups in total. The van der Waals surface area contributed by atoms with Crippen molar-refractivity contribution in [1.82, 2.24) is 10.2 Å². The maximum atomic E-state index is 6.24. The van der Waals surface area contributed by atoms with Crippen molar-refractivity contribution in [2.24, 2.45) is 5.73 Å². The molecule has 1 unspecified atom stereocenters. The lowest BCUT2D eigenvalue weighted by molar-refractivity contribution is 0.430. The molecule has 3 heteroatoms. The molecule has 0 radical (unpaired) electrons. The summed E-state index contributed by atoms with van der Waals surface area (Å²) in [4.78, 5) is 0. The van der Waals surface area contributed by atoms with Crippen LogP contribution in [0.4, 0.5) is 0 Å². The van der Waals surface area contributed by atoms with E-state index in [9.17, 15) is 0 Å². The summed E-state index contributed by atoms with van der Waals surface area (Å²) in [6, 6.07) is 0.236. The van der Waals surface area contributed by atoms with Crippen molar-refractivity contribution in [3.05, 3.63) is 17.0 Å². The minimum Gasteiger partial charge on any atom is -0.324 e. The topological polar surface area (TPSA) is 54.7 Å². The molecule has 3 rings (SSSR count). The van der Waals surface area contributed by atoms with E-state index < -0.39 is 0 Å². The number of nitrogens with zero attached hydrogens (tertiary/aromatic N) is 1. The summed E-state index contributed by atoms with van der Waals surface area (Å²) in [6.07, 6.45) is 10.2. The number of aryl methyl sites for hydroxylation is 1. The van der Waals surface area contributed by atoms with Gasteiger partial charge < -0.3 is 5.73 Å². The van der Waals surface area contributed by atoms with Gasteiger partial charge in [0, 0.05) is 23.2 Å². The quantitative estimate of drug-likeness (QED) is 0.763. The van der Waals surface area contributed by atoms with Crippen molar-refractivity contribution in [2.45, 2.75) is 63.3 Å². The predicted octanol–water partition coefficient (Wildman–Crippen LogP) is 2.79. The van der Waals surface area contributed by atoms with E-state index >= 15 is 0 Å². The summed E-state index contributed by atoms with van der Waals surface area (Å²) in [5.74, 6) is 0.679. The molecule has 2 aliphatic carbocycles. The molecule has 88 valence electrons. The van der Waals surface area contributed by atoms with Gasteiger partial charge in [0.25, 0.3) is 0 Å². The number of aromatic amines is 1. The molecular weight excluding hydrogens is 198 g/mol. The van der Waals surface area contributed by atoms with Crippen LogP contribution in [-0.4, -0.2) is 10.2 Å². The van der Waals surface area contributed by atoms with E-state index in [0.717, 1.165) is 12.8 Å². The number of aromatic nitrogens is 2. The minimum absolute atomic E-state index is 0.236. The SMILES string of the molecule is NC1CCCc2[nH]nc(C3CCCCC3)c21. The Bertz CT molecular complexity index is 363. The second-order valence-corrected chi connectivity index (χ2v) is 5.33. The molecule has 0 amide bonds. The van der Waals surface area contributed by atoms with E-state index in [0.29, 0.717) is 5.92 Å². The zero-order valence-corrected chi connectivity index (χ0v) is 9.84. The molecule has 0 aliphatic heterocycles. The summed E-state index contributed by atoms with van der Waals surface area (Å²) in [6.45, 7) is 0. The highest BCUT2D eigenvalue weighted by Gasteiger charge is 2.28. The molecule has 0 aromatic carbocycles. The molecule has 0 saturated heterocycles. The number of rotatable bonds is 1. The lowest BCUT2D eigenvalue weighted by atomic mass is 9.81. The molecule has 1 heterocycles. The summed E-state index contributed by atoms with van der Waals surface area (Å²) in [5, 5.41) is 7.79. The van der Waals surface area contributed by atoms with Crippen LogP contribution in [-0.2, 0) is 6.42 Å². The van der Waals surface area contributed by atoms with Gasteiger partial charge in [-0.1, -0.05) is 19.3 Å². The van der Waals surface area contributed by atoms with Crippen molar-refractivity contribution in [3.63, 3.8) is 0 Å². The minimum atomic E-state index is 0.236. The molecule has 1 fully saturated rings. The summed E-state index contributed by atoms with van der Waals surface area (Å²) in [5.41, 5.74) is 10.2. The normalized spacial score (nSPS) is 26.7. The van der Waals surface area contributed by atoms with E-state index in [1.807, 2.05) is 0 Å². The number of H-pyrrole nitrogens is 1. The summed E-state index contributed by atoms with van der Waals surface area (Å²) < 4.78 is 0. The predicted molar refractivity (Wildman–Crippen MR) is 64.3 cm³/mol. The Kier molecular flexibility index (Phi) is 2.72. The smallest absolute Gasteiger partial charge is 0.0703 e. The highest BCUT2D eigenvalue weighted by Crippen LogP contribution is 2.38. The number of hydrogen-bond donors (Lipinski definition) is 2. The van der Waals surface area contributed by atoms with Crippen molar-refractivity contribution >= 4 is 0 Å². The molecular formula is C13H21N3. The maximum Gasteiger partial charge on any atom is 0.0703 e. The lowest BCUT2D eigenvalue weighted by Crippen LogP contribution is -2.19. The van der Waals surface area contributed by atoms with Crippen molar-refractivity contribution in [2.75, 3.05) is 0 Å². The number of fused-ring (bicyclic) bond motifs is 1. The molecule has 1 aromatic rings. The first kappa shape index (κ1) is 10.3. The fraction of sp³-hybridized carbons (Fsp3) is 0.769. The molecule has 16 heavy (non-hydrogen) atoms. The third-order valence-electron chi connectivity index (χ3n) is 4.22. The van der Waals surface area contributed by atoms with Crippen LogP contribution in [0, 0.1) is 0 Å². The van der Waals surface area contributed by atoms with Gasteiger partial charge in [-0.3, -0.25) is 5.10 Å². The molecule has 3 nitrogen and oxygen atoms in total. The van der Waals surface area contributed by atoms with Gasteiger partial charge in [0.15, 0.2) is 0 Å². The fourth-order valence-electron chi connectivity index (χ4n) is 3.34. The van der Waals surface area contributed by atoms with Crippen LogP contribution >= 0.6 is 0 Å². The van der Waals surface area contributed by atoms with E-state index in [1.54, 1.807) is 0 Å². The van der Waals surface area contributed by atoms with Gasteiger partial charge in [0.1, 0.15) is 0 Å². The number of nitrogens with one attached hydrogen (secondary N) is 1. The van der Waals surface area contributed by atoms with E-state index in [-0.39, 0.29) is 6.04 Å². The van der Waals surface area contributed by atoms with Crippen LogP contribution in [0.1, 0.15) is 73.9 Å². The zero-order chi connectivity index (χ0) is 11.0. The van der Waals surface area contributed by atoms with Gasteiger partial charge in [-0.2, -0.15) is 5.10 Å². The Labute approximate surface area is 96.8 Å². The third kappa shape index (κ3) is 1.67. The van der Waals surface area contributed by atoms with E-state index in [2.05, 4.69) is 10.2 Å². The van der Waals surface area contributed by atoms with Gasteiger partial charge in [0.2, 0.25) is 0 Å². The zero-order valence-electron chi connectivity index (χ0n) is 9.84. The van der Waals surface area contributed by atoms with Crippen LogP contribution in [0.3, 0.4) is 0 Å². The molecule has 2 aliphatic rings. The Hall–Kier alpha value is -0.830. The van der Waals surface area contributed by atoms with Crippen molar-refractivity contribution in [1.29, 1.82) is 0 Å². The number of hydrogen-bond acceptors (Lipinski definition) is 2. The highest BCUT2D eigenvalue weighted by atomic mass is 15.1. The Balaban J connectivity index is 1.91. The second-order valence-electron chi connectivity index (χ2n) is 5.33. The van der Waals surface area contributed by atoms with Gasteiger partial charge in [-0.05, 0) is 32.1 Å². The summed E-state index contributed by atoms with van der Waals surface area (Å²) >= 11 is 0. The first-order valence-corrected chi connectivity index (χ1v) is 6.69. The van der Waals surface area contributed by atoms with Gasteiger partial charge in [0.05, 0.1) is 5.69 Å². The Morgan fingerprint density at radius 1 is 1.06 bits per heavy atom. The Morgan fingerprint density at radius 2 is 1.88 bits per heavy atom. The largest absolute Gasteiger partial charge is 0.324 e. The molecule has 1 saturated carbocycles. The first-order valence-electron chi connectivity index (χ1n) is 6.69. The van der Waals surface area contributed by atoms with Crippen LogP contribution < -0.4 is 5.73 Å². The first-order chi connectivity index (χ1) is 7.86. The second kappa shape index (κ2) is 4.21. The third-order valence-corrected chi connectivity index (χ3v) is 4.22. The fourth-order valence-corrected chi connectivity index (χ4v) is 3.34. The number of nitrogens with two attached hydrogens (primary N) is 1. The van der Waals surface area contributed by atoms with Gasteiger partial charge in [-0.15, -0.1) is 0 Å². The van der Waals surface area contributed by atoms with Gasteiger partial charge in [-0.25, -0.2) is 0 Å². The van der Waals surface area contributed by atoms with Crippen molar-refractivity contribution < 1.29 is 0 Å². The lowest BCUT2D eigenvalue weighted by Gasteiger charge is -2.24. The average molecular weight is 219 g/mol. The monoisotopic (exact) mass is 219 g/mol. The Morgan fingerprint density at radius 3 is 2.69 bits per heavy atom. The molecule has 0 bridgehead atoms. The maximum absolute atomic E-state index is 6.24. The van der Waals surface area contributed by atoms with Crippen LogP contribution in [0.5, 0.6) is 0 Å². The van der Waals surface area contributed by atoms with Crippen LogP contribution in [0.25, 0.3) is 0 Å². The van der Waals surface area contributed by atoms with E-state index in [4.69, 9.17) is 5.73 Å². The standard InChI is InChI=1S/C13H21N3/c14-10-7-4-8-11-12(10)13(16-15-11)9-5-2-1-3-6-9/h9-10H,1-8,14H2,(H,15,16). The molecule has 1 aromatic heterocycles. The van der Waals surface area contributed by atoms with Crippen molar-refractivity contribution in [3.8, 4) is 0 Å². The molecule has 1 atom stereocenters. The van der Waals surface area contributed by atoms with E-state index in [1.165, 1.54) is 55.5 Å². The molecule has 0 spiro atoms. The van der Waals surface area contributed by atoms with Crippen LogP contribution in [0.2, 0.25) is 0 Å². The van der Waals surface area contributed by atoms with Crippen LogP contribution in [0.15, 0.2) is 0 Å². The average Bonchev–Trinajstić information content (AvgIpc) is 2.75. The highest BCUT2D eigenvalue weighted by molar-refractivity contribution is 5.33. The van der Waals surface area contributed by atoms with Gasteiger partial charge >= 0.3 is 0 Å².